The topological polar surface area (TPSA) is 151 Å². The number of carbonyl (C=O) groups is 3. The highest BCUT2D eigenvalue weighted by atomic mass is 16.2. The monoisotopic (exact) mass is 580 g/mol. The minimum absolute atomic E-state index is 0.00944. The molecule has 4 aromatic rings. The maximum absolute atomic E-state index is 13.0. The van der Waals surface area contributed by atoms with Gasteiger partial charge < -0.3 is 15.0 Å². The van der Waals surface area contributed by atoms with Crippen molar-refractivity contribution in [1.82, 2.24) is 34.2 Å². The van der Waals surface area contributed by atoms with Gasteiger partial charge in [0.2, 0.25) is 11.8 Å². The van der Waals surface area contributed by atoms with Crippen LogP contribution in [0.5, 0.6) is 0 Å². The SMILES string of the molecule is Cc1ccnc(C2C[C@@H]2C(=O)Nc2cc(NC(C)c3cn4cc(C5CC5)cc(N5CC(=O)N(C)C5=O)c4n3)nc(C)n2)n1. The third-order valence-electron chi connectivity index (χ3n) is 8.27. The van der Waals surface area contributed by atoms with Gasteiger partial charge in [-0.3, -0.25) is 19.4 Å². The number of hydrogen-bond donors (Lipinski definition) is 2. The number of urea groups is 1. The molecule has 7 rings (SSSR count). The molecule has 4 aromatic heterocycles. The highest BCUT2D eigenvalue weighted by Crippen LogP contribution is 2.46. The number of likely N-dealkylation sites (N-methyl/N-ethyl adjacent to an activating group) is 1. The van der Waals surface area contributed by atoms with E-state index in [0.29, 0.717) is 47.0 Å². The van der Waals surface area contributed by atoms with Gasteiger partial charge >= 0.3 is 6.03 Å². The van der Waals surface area contributed by atoms with Gasteiger partial charge in [-0.1, -0.05) is 0 Å². The molecule has 13 nitrogen and oxygen atoms in total. The van der Waals surface area contributed by atoms with E-state index in [1.807, 2.05) is 36.6 Å². The van der Waals surface area contributed by atoms with E-state index in [-0.39, 0.29) is 42.3 Å². The second-order valence-electron chi connectivity index (χ2n) is 11.7. The Balaban J connectivity index is 1.10. The first kappa shape index (κ1) is 26.9. The molecule has 0 bridgehead atoms. The van der Waals surface area contributed by atoms with Gasteiger partial charge in [0.25, 0.3) is 0 Å². The van der Waals surface area contributed by atoms with Gasteiger partial charge in [-0.05, 0) is 63.6 Å². The zero-order valence-electron chi connectivity index (χ0n) is 24.4. The van der Waals surface area contributed by atoms with E-state index in [1.54, 1.807) is 19.2 Å². The van der Waals surface area contributed by atoms with Gasteiger partial charge in [-0.15, -0.1) is 0 Å². The molecular formula is C30H32N10O3. The van der Waals surface area contributed by atoms with Crippen molar-refractivity contribution >= 4 is 40.8 Å². The number of imidazole rings is 1. The van der Waals surface area contributed by atoms with Crippen molar-refractivity contribution in [2.24, 2.45) is 5.92 Å². The van der Waals surface area contributed by atoms with Crippen LogP contribution in [0.3, 0.4) is 0 Å². The molecule has 2 N–H and O–H groups in total. The van der Waals surface area contributed by atoms with Gasteiger partial charge in [0, 0.05) is 49.2 Å². The molecule has 2 aliphatic carbocycles. The molecule has 0 aromatic carbocycles. The summed E-state index contributed by atoms with van der Waals surface area (Å²) in [7, 11) is 1.50. The Kier molecular flexibility index (Phi) is 6.33. The Bertz CT molecular complexity index is 1800. The Labute approximate surface area is 247 Å². The van der Waals surface area contributed by atoms with E-state index < -0.39 is 0 Å². The Morgan fingerprint density at radius 3 is 2.56 bits per heavy atom. The van der Waals surface area contributed by atoms with Crippen LogP contribution < -0.4 is 15.5 Å². The summed E-state index contributed by atoms with van der Waals surface area (Å²) in [5, 5.41) is 6.31. The largest absolute Gasteiger partial charge is 0.362 e. The second kappa shape index (κ2) is 10.1. The van der Waals surface area contributed by atoms with E-state index in [9.17, 15) is 14.4 Å². The standard InChI is InChI=1S/C30H32N10O3/c1-15-7-8-31-27(32-15)20-10-21(20)29(42)37-25-11-24(34-17(3)35-25)33-16(2)22-13-39-12-19(18-5-6-18)9-23(28(39)36-22)40-14-26(41)38(4)30(40)43/h7-9,11-13,16,18,20-21H,5-6,10,14H2,1-4H3,(H2,33,34,35,37,42)/t16?,20?,21-/m0/s1. The minimum atomic E-state index is -0.356. The van der Waals surface area contributed by atoms with Crippen molar-refractivity contribution in [2.45, 2.75) is 57.9 Å². The fourth-order valence-electron chi connectivity index (χ4n) is 5.59. The lowest BCUT2D eigenvalue weighted by atomic mass is 10.1. The molecule has 0 spiro atoms. The highest BCUT2D eigenvalue weighted by Gasteiger charge is 2.46. The predicted molar refractivity (Wildman–Crippen MR) is 158 cm³/mol. The molecule has 4 amide bonds. The van der Waals surface area contributed by atoms with Crippen LogP contribution in [0.4, 0.5) is 22.1 Å². The van der Waals surface area contributed by atoms with Gasteiger partial charge in [-0.25, -0.2) is 29.7 Å². The minimum Gasteiger partial charge on any atom is -0.362 e. The molecule has 1 saturated heterocycles. The van der Waals surface area contributed by atoms with Crippen LogP contribution in [0.15, 0.2) is 36.8 Å². The van der Waals surface area contributed by atoms with Gasteiger partial charge in [0.05, 0.1) is 17.4 Å². The maximum Gasteiger partial charge on any atom is 0.331 e. The zero-order valence-corrected chi connectivity index (χ0v) is 24.4. The lowest BCUT2D eigenvalue weighted by molar-refractivity contribution is -0.124. The summed E-state index contributed by atoms with van der Waals surface area (Å²) in [5.74, 6) is 2.06. The van der Waals surface area contributed by atoms with Crippen LogP contribution in [-0.2, 0) is 9.59 Å². The summed E-state index contributed by atoms with van der Waals surface area (Å²) in [5.41, 5.74) is 3.97. The molecule has 1 aliphatic heterocycles. The summed E-state index contributed by atoms with van der Waals surface area (Å²) in [6.07, 6.45) is 8.62. The lowest BCUT2D eigenvalue weighted by Gasteiger charge is -2.17. The molecule has 3 aliphatic rings. The Morgan fingerprint density at radius 2 is 1.84 bits per heavy atom. The number of nitrogens with one attached hydrogen (secondary N) is 2. The molecule has 3 atom stereocenters. The van der Waals surface area contributed by atoms with E-state index in [0.717, 1.165) is 34.7 Å². The maximum atomic E-state index is 13.0. The van der Waals surface area contributed by atoms with Gasteiger partial charge in [-0.2, -0.15) is 0 Å². The average molecular weight is 581 g/mol. The first-order valence-corrected chi connectivity index (χ1v) is 14.5. The van der Waals surface area contributed by atoms with Gasteiger partial charge in [0.15, 0.2) is 5.65 Å². The first-order valence-electron chi connectivity index (χ1n) is 14.5. The van der Waals surface area contributed by atoms with Crippen LogP contribution in [0.25, 0.3) is 5.65 Å². The molecule has 2 saturated carbocycles. The summed E-state index contributed by atoms with van der Waals surface area (Å²) in [6.45, 7) is 5.64. The Morgan fingerprint density at radius 1 is 1.05 bits per heavy atom. The van der Waals surface area contributed by atoms with Crippen molar-refractivity contribution in [3.8, 4) is 0 Å². The quantitative estimate of drug-likeness (QED) is 0.297. The van der Waals surface area contributed by atoms with Crippen molar-refractivity contribution in [2.75, 3.05) is 29.1 Å². The molecule has 220 valence electrons. The first-order chi connectivity index (χ1) is 20.6. The molecule has 3 fully saturated rings. The molecule has 5 heterocycles. The molecule has 43 heavy (non-hydrogen) atoms. The summed E-state index contributed by atoms with van der Waals surface area (Å²) in [6, 6.07) is 4.92. The second-order valence-corrected chi connectivity index (χ2v) is 11.7. The normalized spacial score (nSPS) is 20.6. The number of aryl methyl sites for hydroxylation is 2. The smallest absolute Gasteiger partial charge is 0.331 e. The number of fused-ring (bicyclic) bond motifs is 1. The number of amides is 4. The Hall–Kier alpha value is -4.94. The van der Waals surface area contributed by atoms with E-state index in [4.69, 9.17) is 4.98 Å². The number of aromatic nitrogens is 6. The fourth-order valence-corrected chi connectivity index (χ4v) is 5.59. The van der Waals surface area contributed by atoms with Crippen LogP contribution in [-0.4, -0.2) is 65.7 Å². The average Bonchev–Trinajstić information content (AvgIpc) is 3.89. The number of imide groups is 1. The number of carbonyl (C=O) groups excluding carboxylic acids is 3. The fraction of sp³-hybridized carbons (Fsp3) is 0.400. The highest BCUT2D eigenvalue weighted by molar-refractivity contribution is 6.13. The predicted octanol–water partition coefficient (Wildman–Crippen LogP) is 3.72. The van der Waals surface area contributed by atoms with Crippen LogP contribution in [0, 0.1) is 19.8 Å². The van der Waals surface area contributed by atoms with E-state index in [2.05, 4.69) is 36.8 Å². The van der Waals surface area contributed by atoms with Crippen LogP contribution >= 0.6 is 0 Å². The number of rotatable bonds is 8. The van der Waals surface area contributed by atoms with Crippen molar-refractivity contribution < 1.29 is 14.4 Å². The third kappa shape index (κ3) is 5.15. The van der Waals surface area contributed by atoms with E-state index >= 15 is 0 Å². The molecule has 2 unspecified atom stereocenters. The molecule has 0 radical (unpaired) electrons. The van der Waals surface area contributed by atoms with Crippen molar-refractivity contribution in [3.63, 3.8) is 0 Å². The summed E-state index contributed by atoms with van der Waals surface area (Å²) in [4.78, 5) is 63.4. The van der Waals surface area contributed by atoms with E-state index in [1.165, 1.54) is 11.9 Å². The van der Waals surface area contributed by atoms with Crippen molar-refractivity contribution in [1.29, 1.82) is 0 Å². The van der Waals surface area contributed by atoms with Crippen LogP contribution in [0.2, 0.25) is 0 Å². The molecular weight excluding hydrogens is 548 g/mol. The lowest BCUT2D eigenvalue weighted by Crippen LogP contribution is -2.30. The van der Waals surface area contributed by atoms with Gasteiger partial charge in [0.1, 0.15) is 29.8 Å². The summed E-state index contributed by atoms with van der Waals surface area (Å²) < 4.78 is 1.94. The van der Waals surface area contributed by atoms with Crippen molar-refractivity contribution in [3.05, 3.63) is 65.4 Å². The zero-order chi connectivity index (χ0) is 30.0. The number of anilines is 3. The summed E-state index contributed by atoms with van der Waals surface area (Å²) >= 11 is 0. The number of hydrogen-bond acceptors (Lipinski definition) is 9. The third-order valence-corrected chi connectivity index (χ3v) is 8.27. The van der Waals surface area contributed by atoms with Crippen LogP contribution in [0.1, 0.15) is 72.7 Å². The molecule has 13 heteroatoms. The number of pyridine rings is 1. The number of nitrogens with zero attached hydrogens (tertiary/aromatic N) is 8.